The highest BCUT2D eigenvalue weighted by Gasteiger charge is 2.45. The molecule has 1 aromatic rings. The Labute approximate surface area is 108 Å². The molecule has 2 aliphatic heterocycles. The van der Waals surface area contributed by atoms with E-state index in [2.05, 4.69) is 35.2 Å². The van der Waals surface area contributed by atoms with Crippen LogP contribution in [0.15, 0.2) is 30.3 Å². The third-order valence-corrected chi connectivity index (χ3v) is 4.34. The normalized spacial score (nSPS) is 27.7. The number of hydrogen-bond acceptors (Lipinski definition) is 3. The van der Waals surface area contributed by atoms with Crippen molar-refractivity contribution in [2.75, 3.05) is 19.7 Å². The van der Waals surface area contributed by atoms with Crippen LogP contribution in [0, 0.1) is 0 Å². The number of hydrogen-bond donors (Lipinski definition) is 1. The molecule has 2 aliphatic rings. The summed E-state index contributed by atoms with van der Waals surface area (Å²) in [5.74, 6) is 0. The number of likely N-dealkylation sites (tertiary alicyclic amines) is 1. The second-order valence-electron chi connectivity index (χ2n) is 5.48. The van der Waals surface area contributed by atoms with E-state index in [4.69, 9.17) is 4.74 Å². The maximum absolute atomic E-state index is 10.0. The van der Waals surface area contributed by atoms with Crippen molar-refractivity contribution in [1.29, 1.82) is 0 Å². The second-order valence-corrected chi connectivity index (χ2v) is 5.48. The minimum Gasteiger partial charge on any atom is -0.390 e. The van der Waals surface area contributed by atoms with Crippen molar-refractivity contribution < 1.29 is 9.84 Å². The van der Waals surface area contributed by atoms with Gasteiger partial charge in [-0.3, -0.25) is 4.90 Å². The average molecular weight is 247 g/mol. The van der Waals surface area contributed by atoms with Crippen LogP contribution in [-0.4, -0.2) is 41.4 Å². The van der Waals surface area contributed by atoms with E-state index in [1.807, 2.05) is 0 Å². The summed E-state index contributed by atoms with van der Waals surface area (Å²) in [5, 5.41) is 10.0. The molecule has 2 heterocycles. The molecule has 3 nitrogen and oxygen atoms in total. The highest BCUT2D eigenvalue weighted by Crippen LogP contribution is 2.36. The Hall–Kier alpha value is -0.900. The predicted octanol–water partition coefficient (Wildman–Crippen LogP) is 1.80. The lowest BCUT2D eigenvalue weighted by atomic mass is 9.86. The summed E-state index contributed by atoms with van der Waals surface area (Å²) >= 11 is 0. The largest absolute Gasteiger partial charge is 0.390 e. The zero-order valence-electron chi connectivity index (χ0n) is 10.7. The van der Waals surface area contributed by atoms with Crippen molar-refractivity contribution in [2.24, 2.45) is 0 Å². The van der Waals surface area contributed by atoms with Crippen LogP contribution in [0.3, 0.4) is 0 Å². The summed E-state index contributed by atoms with van der Waals surface area (Å²) < 4.78 is 5.82. The van der Waals surface area contributed by atoms with E-state index in [1.165, 1.54) is 5.56 Å². The second kappa shape index (κ2) is 5.00. The quantitative estimate of drug-likeness (QED) is 0.865. The molecule has 18 heavy (non-hydrogen) atoms. The molecule has 0 aliphatic carbocycles. The van der Waals surface area contributed by atoms with E-state index >= 15 is 0 Å². The zero-order chi connectivity index (χ0) is 12.4. The smallest absolute Gasteiger partial charge is 0.0965 e. The first-order valence-corrected chi connectivity index (χ1v) is 6.87. The van der Waals surface area contributed by atoms with Crippen molar-refractivity contribution >= 4 is 0 Å². The molecule has 1 spiro atoms. The monoisotopic (exact) mass is 247 g/mol. The molecule has 0 aromatic heterocycles. The fourth-order valence-corrected chi connectivity index (χ4v) is 3.14. The fourth-order valence-electron chi connectivity index (χ4n) is 3.14. The van der Waals surface area contributed by atoms with E-state index < -0.39 is 0 Å². The number of nitrogens with zero attached hydrogens (tertiary/aromatic N) is 1. The summed E-state index contributed by atoms with van der Waals surface area (Å²) in [4.78, 5) is 2.45. The number of ether oxygens (including phenoxy) is 1. The Morgan fingerprint density at radius 3 is 2.56 bits per heavy atom. The molecule has 1 N–H and O–H groups in total. The molecular formula is C15H21NO2. The number of piperidine rings is 1. The lowest BCUT2D eigenvalue weighted by molar-refractivity contribution is -0.0950. The van der Waals surface area contributed by atoms with E-state index in [-0.39, 0.29) is 11.7 Å². The van der Waals surface area contributed by atoms with Gasteiger partial charge in [0.25, 0.3) is 0 Å². The van der Waals surface area contributed by atoms with Gasteiger partial charge in [0.1, 0.15) is 0 Å². The van der Waals surface area contributed by atoms with Crippen molar-refractivity contribution in [3.05, 3.63) is 35.9 Å². The molecule has 1 unspecified atom stereocenters. The van der Waals surface area contributed by atoms with Crippen molar-refractivity contribution in [3.63, 3.8) is 0 Å². The number of aliphatic hydroxyl groups excluding tert-OH is 1. The first kappa shape index (κ1) is 12.2. The van der Waals surface area contributed by atoms with Gasteiger partial charge in [-0.15, -0.1) is 0 Å². The van der Waals surface area contributed by atoms with Gasteiger partial charge in [0, 0.05) is 19.6 Å². The Kier molecular flexibility index (Phi) is 3.37. The van der Waals surface area contributed by atoms with Crippen molar-refractivity contribution in [1.82, 2.24) is 4.90 Å². The molecular weight excluding hydrogens is 226 g/mol. The number of benzene rings is 1. The standard InChI is InChI=1S/C15H21NO2/c17-14-6-11-18-15(14)7-9-16(10-8-15)12-13-4-2-1-3-5-13/h1-5,14,17H,6-12H2. The first-order valence-electron chi connectivity index (χ1n) is 6.87. The molecule has 1 atom stereocenters. The molecule has 3 rings (SSSR count). The highest BCUT2D eigenvalue weighted by atomic mass is 16.5. The molecule has 2 fully saturated rings. The van der Waals surface area contributed by atoms with Crippen LogP contribution < -0.4 is 0 Å². The summed E-state index contributed by atoms with van der Waals surface area (Å²) in [6, 6.07) is 10.6. The zero-order valence-corrected chi connectivity index (χ0v) is 10.7. The first-order chi connectivity index (χ1) is 8.78. The topological polar surface area (TPSA) is 32.7 Å². The Bertz CT molecular complexity index is 385. The van der Waals surface area contributed by atoms with E-state index in [9.17, 15) is 5.11 Å². The van der Waals surface area contributed by atoms with Gasteiger partial charge in [0.05, 0.1) is 18.3 Å². The SMILES string of the molecule is OC1CCOC12CCN(Cc1ccccc1)CC2. The molecule has 1 aromatic carbocycles. The number of rotatable bonds is 2. The molecule has 0 amide bonds. The summed E-state index contributed by atoms with van der Waals surface area (Å²) in [6.07, 6.45) is 2.47. The fraction of sp³-hybridized carbons (Fsp3) is 0.600. The Morgan fingerprint density at radius 1 is 1.22 bits per heavy atom. The van der Waals surface area contributed by atoms with Crippen LogP contribution in [0.2, 0.25) is 0 Å². The van der Waals surface area contributed by atoms with Gasteiger partial charge >= 0.3 is 0 Å². The van der Waals surface area contributed by atoms with Gasteiger partial charge in [-0.05, 0) is 24.8 Å². The molecule has 0 radical (unpaired) electrons. The van der Waals surface area contributed by atoms with Crippen LogP contribution >= 0.6 is 0 Å². The predicted molar refractivity (Wildman–Crippen MR) is 70.3 cm³/mol. The molecule has 2 saturated heterocycles. The maximum Gasteiger partial charge on any atom is 0.0965 e. The average Bonchev–Trinajstić information content (AvgIpc) is 2.75. The van der Waals surface area contributed by atoms with E-state index in [0.717, 1.165) is 45.5 Å². The minimum atomic E-state index is -0.253. The third-order valence-electron chi connectivity index (χ3n) is 4.34. The minimum absolute atomic E-state index is 0.229. The van der Waals surface area contributed by atoms with Crippen LogP contribution in [0.1, 0.15) is 24.8 Å². The van der Waals surface area contributed by atoms with Gasteiger partial charge < -0.3 is 9.84 Å². The molecule has 3 heteroatoms. The highest BCUT2D eigenvalue weighted by molar-refractivity contribution is 5.14. The van der Waals surface area contributed by atoms with Crippen LogP contribution in [0.25, 0.3) is 0 Å². The van der Waals surface area contributed by atoms with Crippen LogP contribution in [0.5, 0.6) is 0 Å². The lowest BCUT2D eigenvalue weighted by Crippen LogP contribution is -2.49. The summed E-state index contributed by atoms with van der Waals surface area (Å²) in [7, 11) is 0. The summed E-state index contributed by atoms with van der Waals surface area (Å²) in [5.41, 5.74) is 1.13. The molecule has 0 bridgehead atoms. The van der Waals surface area contributed by atoms with Gasteiger partial charge in [0.15, 0.2) is 0 Å². The Morgan fingerprint density at radius 2 is 1.94 bits per heavy atom. The molecule has 0 saturated carbocycles. The van der Waals surface area contributed by atoms with Crippen molar-refractivity contribution in [2.45, 2.75) is 37.5 Å². The van der Waals surface area contributed by atoms with Gasteiger partial charge in [-0.25, -0.2) is 0 Å². The van der Waals surface area contributed by atoms with E-state index in [1.54, 1.807) is 0 Å². The Balaban J connectivity index is 1.57. The van der Waals surface area contributed by atoms with Gasteiger partial charge in [-0.2, -0.15) is 0 Å². The molecule has 98 valence electrons. The van der Waals surface area contributed by atoms with Crippen LogP contribution in [0.4, 0.5) is 0 Å². The van der Waals surface area contributed by atoms with E-state index in [0.29, 0.717) is 0 Å². The lowest BCUT2D eigenvalue weighted by Gasteiger charge is -2.40. The third kappa shape index (κ3) is 2.30. The number of aliphatic hydroxyl groups is 1. The van der Waals surface area contributed by atoms with Crippen molar-refractivity contribution in [3.8, 4) is 0 Å². The maximum atomic E-state index is 10.0. The van der Waals surface area contributed by atoms with Gasteiger partial charge in [0.2, 0.25) is 0 Å². The summed E-state index contributed by atoms with van der Waals surface area (Å²) in [6.45, 7) is 3.77. The van der Waals surface area contributed by atoms with Crippen LogP contribution in [-0.2, 0) is 11.3 Å². The van der Waals surface area contributed by atoms with Gasteiger partial charge in [-0.1, -0.05) is 30.3 Å².